The van der Waals surface area contributed by atoms with E-state index < -0.39 is 35.4 Å². The fourth-order valence-electron chi connectivity index (χ4n) is 4.55. The number of phenols is 1. The second kappa shape index (κ2) is 8.83. The van der Waals surface area contributed by atoms with Crippen molar-refractivity contribution in [2.45, 2.75) is 12.5 Å². The number of amides is 2. The van der Waals surface area contributed by atoms with Crippen LogP contribution in [0.25, 0.3) is 0 Å². The van der Waals surface area contributed by atoms with Gasteiger partial charge in [-0.25, -0.2) is 8.78 Å². The first-order valence-electron chi connectivity index (χ1n) is 11.0. The van der Waals surface area contributed by atoms with E-state index in [2.05, 4.69) is 5.10 Å². The monoisotopic (exact) mass is 477 g/mol. The van der Waals surface area contributed by atoms with Crippen LogP contribution in [-0.4, -0.2) is 47.2 Å². The Bertz CT molecular complexity index is 1340. The van der Waals surface area contributed by atoms with Gasteiger partial charge in [0.25, 0.3) is 5.91 Å². The van der Waals surface area contributed by atoms with E-state index in [4.69, 9.17) is 4.74 Å². The van der Waals surface area contributed by atoms with Crippen LogP contribution in [0.15, 0.2) is 71.8 Å². The van der Waals surface area contributed by atoms with Gasteiger partial charge in [-0.05, 0) is 54.4 Å². The summed E-state index contributed by atoms with van der Waals surface area (Å²) >= 11 is 0. The second-order valence-corrected chi connectivity index (χ2v) is 8.25. The molecule has 3 aromatic carbocycles. The number of carbonyl (C=O) groups is 2. The molecule has 0 radical (unpaired) electrons. The van der Waals surface area contributed by atoms with E-state index in [0.717, 1.165) is 4.90 Å². The van der Waals surface area contributed by atoms with Crippen molar-refractivity contribution in [2.24, 2.45) is 11.0 Å². The van der Waals surface area contributed by atoms with Crippen LogP contribution >= 0.6 is 0 Å². The van der Waals surface area contributed by atoms with Gasteiger partial charge >= 0.3 is 0 Å². The summed E-state index contributed by atoms with van der Waals surface area (Å²) in [5, 5.41) is 16.6. The summed E-state index contributed by atoms with van der Waals surface area (Å²) < 4.78 is 32.9. The largest absolute Gasteiger partial charge is 0.504 e. The van der Waals surface area contributed by atoms with Gasteiger partial charge < -0.3 is 9.84 Å². The summed E-state index contributed by atoms with van der Waals surface area (Å²) in [6, 6.07) is 15.3. The topological polar surface area (TPSA) is 82.4 Å². The number of carbonyl (C=O) groups excluding carboxylic acids is 2. The minimum Gasteiger partial charge on any atom is -0.504 e. The number of benzene rings is 3. The summed E-state index contributed by atoms with van der Waals surface area (Å²) in [6.45, 7) is -0.0137. The molecule has 3 aromatic rings. The number of hydrazone groups is 1. The molecule has 0 aliphatic carbocycles. The van der Waals surface area contributed by atoms with Gasteiger partial charge in [0.15, 0.2) is 11.5 Å². The number of phenolic OH excluding ortho intramolecular Hbond substituents is 1. The number of para-hydroxylation sites is 1. The van der Waals surface area contributed by atoms with Gasteiger partial charge in [0.1, 0.15) is 23.6 Å². The highest BCUT2D eigenvalue weighted by molar-refractivity contribution is 6.26. The molecule has 9 heteroatoms. The molecule has 35 heavy (non-hydrogen) atoms. The number of aromatic hydroxyl groups is 1. The molecule has 1 fully saturated rings. The number of hydrogen-bond donors (Lipinski definition) is 1. The minimum atomic E-state index is -1.02. The Kier molecular flexibility index (Phi) is 5.68. The summed E-state index contributed by atoms with van der Waals surface area (Å²) in [6.07, 6.45) is 0.150. The highest BCUT2D eigenvalue weighted by atomic mass is 19.1. The average Bonchev–Trinajstić information content (AvgIpc) is 3.36. The molecule has 0 spiro atoms. The van der Waals surface area contributed by atoms with Gasteiger partial charge in [-0.2, -0.15) is 5.10 Å². The zero-order chi connectivity index (χ0) is 24.7. The Morgan fingerprint density at radius 2 is 1.71 bits per heavy atom. The number of hydrogen-bond acceptors (Lipinski definition) is 6. The SMILES string of the molecule is COc1cccc(C2=NN(c3ccc(F)cc3)C3C(=O)N(CCc4ccccc4F)C(=O)C23)c1O. The fourth-order valence-corrected chi connectivity index (χ4v) is 4.55. The molecular weight excluding hydrogens is 456 g/mol. The lowest BCUT2D eigenvalue weighted by molar-refractivity contribution is -0.139. The van der Waals surface area contributed by atoms with Crippen molar-refractivity contribution in [3.63, 3.8) is 0 Å². The predicted molar refractivity (Wildman–Crippen MR) is 124 cm³/mol. The van der Waals surface area contributed by atoms with Crippen LogP contribution in [0, 0.1) is 17.6 Å². The van der Waals surface area contributed by atoms with E-state index in [1.165, 1.54) is 42.5 Å². The lowest BCUT2D eigenvalue weighted by atomic mass is 9.92. The normalized spacial score (nSPS) is 19.2. The maximum atomic E-state index is 14.1. The first kappa shape index (κ1) is 22.5. The Labute approximate surface area is 199 Å². The molecule has 5 rings (SSSR count). The van der Waals surface area contributed by atoms with Crippen LogP contribution < -0.4 is 9.75 Å². The number of anilines is 1. The van der Waals surface area contributed by atoms with Crippen molar-refractivity contribution < 1.29 is 28.2 Å². The quantitative estimate of drug-likeness (QED) is 0.550. The highest BCUT2D eigenvalue weighted by Gasteiger charge is 2.57. The van der Waals surface area contributed by atoms with Crippen LogP contribution in [0.2, 0.25) is 0 Å². The number of nitrogens with zero attached hydrogens (tertiary/aromatic N) is 3. The van der Waals surface area contributed by atoms with E-state index in [1.807, 2.05) is 0 Å². The van der Waals surface area contributed by atoms with Crippen LogP contribution in [-0.2, 0) is 16.0 Å². The van der Waals surface area contributed by atoms with Gasteiger partial charge in [0.2, 0.25) is 5.91 Å². The van der Waals surface area contributed by atoms with Crippen LogP contribution in [0.3, 0.4) is 0 Å². The number of fused-ring (bicyclic) bond motifs is 1. The molecule has 2 heterocycles. The molecule has 178 valence electrons. The molecule has 1 saturated heterocycles. The highest BCUT2D eigenvalue weighted by Crippen LogP contribution is 2.41. The molecule has 2 amide bonds. The summed E-state index contributed by atoms with van der Waals surface area (Å²) in [5.74, 6) is -2.90. The fraction of sp³-hybridized carbons (Fsp3) is 0.192. The van der Waals surface area contributed by atoms with Crippen LogP contribution in [0.4, 0.5) is 14.5 Å². The third-order valence-electron chi connectivity index (χ3n) is 6.29. The molecule has 0 aromatic heterocycles. The number of halogens is 2. The van der Waals surface area contributed by atoms with E-state index in [9.17, 15) is 23.5 Å². The number of rotatable bonds is 6. The number of methoxy groups -OCH3 is 1. The third-order valence-corrected chi connectivity index (χ3v) is 6.29. The molecule has 0 bridgehead atoms. The van der Waals surface area contributed by atoms with Gasteiger partial charge in [-0.15, -0.1) is 0 Å². The van der Waals surface area contributed by atoms with Gasteiger partial charge in [0.05, 0.1) is 18.5 Å². The number of imide groups is 1. The first-order chi connectivity index (χ1) is 16.9. The molecule has 7 nitrogen and oxygen atoms in total. The summed E-state index contributed by atoms with van der Waals surface area (Å²) in [5.41, 5.74) is 1.25. The van der Waals surface area contributed by atoms with Crippen LogP contribution in [0.5, 0.6) is 11.5 Å². The van der Waals surface area contributed by atoms with Gasteiger partial charge in [-0.1, -0.05) is 24.3 Å². The minimum absolute atomic E-state index is 0.0137. The average molecular weight is 477 g/mol. The van der Waals surface area contributed by atoms with Crippen LogP contribution in [0.1, 0.15) is 11.1 Å². The zero-order valence-corrected chi connectivity index (χ0v) is 18.7. The Hall–Kier alpha value is -4.27. The van der Waals surface area contributed by atoms with Crippen molar-refractivity contribution in [1.82, 2.24) is 4.90 Å². The molecule has 2 unspecified atom stereocenters. The molecule has 2 atom stereocenters. The number of ether oxygens (including phenoxy) is 1. The van der Waals surface area contributed by atoms with E-state index in [-0.39, 0.29) is 35.7 Å². The predicted octanol–water partition coefficient (Wildman–Crippen LogP) is 3.50. The lowest BCUT2D eigenvalue weighted by Gasteiger charge is -2.22. The van der Waals surface area contributed by atoms with Crippen molar-refractivity contribution in [3.05, 3.63) is 89.5 Å². The second-order valence-electron chi connectivity index (χ2n) is 8.25. The zero-order valence-electron chi connectivity index (χ0n) is 18.7. The van der Waals surface area contributed by atoms with E-state index in [1.54, 1.807) is 36.4 Å². The Balaban J connectivity index is 1.54. The van der Waals surface area contributed by atoms with Crippen molar-refractivity contribution >= 4 is 23.2 Å². The molecular formula is C26H21F2N3O4. The summed E-state index contributed by atoms with van der Waals surface area (Å²) in [4.78, 5) is 28.1. The lowest BCUT2D eigenvalue weighted by Crippen LogP contribution is -2.39. The third kappa shape index (κ3) is 3.78. The molecule has 2 aliphatic heterocycles. The molecule has 0 saturated carbocycles. The van der Waals surface area contributed by atoms with Crippen molar-refractivity contribution in [1.29, 1.82) is 0 Å². The standard InChI is InChI=1S/C26H21F2N3O4/c1-35-20-8-4-6-18(24(20)32)22-21-23(31(29-22)17-11-9-16(27)10-12-17)26(34)30(25(21)33)14-13-15-5-2-3-7-19(15)28/h2-12,21,23,32H,13-14H2,1H3. The Morgan fingerprint density at radius 1 is 0.971 bits per heavy atom. The maximum absolute atomic E-state index is 14.1. The van der Waals surface area contributed by atoms with Gasteiger partial charge in [0, 0.05) is 12.1 Å². The van der Waals surface area contributed by atoms with E-state index >= 15 is 0 Å². The number of likely N-dealkylation sites (tertiary alicyclic amines) is 1. The van der Waals surface area contributed by atoms with Crippen molar-refractivity contribution in [3.8, 4) is 11.5 Å². The smallest absolute Gasteiger partial charge is 0.255 e. The maximum Gasteiger partial charge on any atom is 0.255 e. The van der Waals surface area contributed by atoms with E-state index in [0.29, 0.717) is 11.3 Å². The first-order valence-corrected chi connectivity index (χ1v) is 11.0. The molecule has 2 aliphatic rings. The summed E-state index contributed by atoms with van der Waals surface area (Å²) in [7, 11) is 1.40. The van der Waals surface area contributed by atoms with Crippen molar-refractivity contribution in [2.75, 3.05) is 18.7 Å². The Morgan fingerprint density at radius 3 is 2.43 bits per heavy atom. The van der Waals surface area contributed by atoms with Gasteiger partial charge in [-0.3, -0.25) is 19.5 Å². The molecule has 1 N–H and O–H groups in total.